The van der Waals surface area contributed by atoms with Crippen LogP contribution in [0.4, 0.5) is 11.6 Å². The molecule has 0 aliphatic carbocycles. The molecule has 0 saturated carbocycles. The van der Waals surface area contributed by atoms with Crippen molar-refractivity contribution in [2.75, 3.05) is 29.9 Å². The van der Waals surface area contributed by atoms with Gasteiger partial charge in [-0.1, -0.05) is 43.3 Å². The lowest BCUT2D eigenvalue weighted by molar-refractivity contribution is 0.0995. The SMILES string of the molecule is CCNc1cc(-c2ccccc2-c2nncn2C)cc(N2Cc3ccc(CN4CCCC(C)C4)cc3C2=O)n1. The Hall–Kier alpha value is -4.04. The number of benzene rings is 2. The number of fused-ring (bicyclic) bond motifs is 1. The molecular weight excluding hydrogens is 486 g/mol. The van der Waals surface area contributed by atoms with E-state index in [0.29, 0.717) is 12.4 Å². The van der Waals surface area contributed by atoms with E-state index in [1.807, 2.05) is 48.9 Å². The third-order valence-electron chi connectivity index (χ3n) is 7.76. The van der Waals surface area contributed by atoms with Crippen LogP contribution in [0.3, 0.4) is 0 Å². The van der Waals surface area contributed by atoms with Gasteiger partial charge in [0.15, 0.2) is 5.82 Å². The fraction of sp³-hybridized carbons (Fsp3) is 0.355. The van der Waals surface area contributed by atoms with Gasteiger partial charge in [0.2, 0.25) is 0 Å². The molecule has 1 unspecified atom stereocenters. The Morgan fingerprint density at radius 2 is 1.90 bits per heavy atom. The van der Waals surface area contributed by atoms with Gasteiger partial charge in [0, 0.05) is 37.8 Å². The van der Waals surface area contributed by atoms with Crippen LogP contribution in [0.5, 0.6) is 0 Å². The summed E-state index contributed by atoms with van der Waals surface area (Å²) >= 11 is 0. The zero-order chi connectivity index (χ0) is 26.9. The van der Waals surface area contributed by atoms with E-state index >= 15 is 0 Å². The maximum atomic E-state index is 13.7. The number of nitrogens with zero attached hydrogens (tertiary/aromatic N) is 6. The Bertz CT molecular complexity index is 1510. The van der Waals surface area contributed by atoms with Gasteiger partial charge in [-0.05, 0) is 72.7 Å². The molecule has 8 nitrogen and oxygen atoms in total. The summed E-state index contributed by atoms with van der Waals surface area (Å²) in [4.78, 5) is 22.9. The lowest BCUT2D eigenvalue weighted by atomic mass is 9.99. The van der Waals surface area contributed by atoms with Gasteiger partial charge in [-0.3, -0.25) is 14.6 Å². The summed E-state index contributed by atoms with van der Waals surface area (Å²) in [6.07, 6.45) is 4.25. The number of nitrogens with one attached hydrogen (secondary N) is 1. The Kier molecular flexibility index (Phi) is 6.87. The minimum Gasteiger partial charge on any atom is -0.370 e. The van der Waals surface area contributed by atoms with Crippen LogP contribution in [0, 0.1) is 5.92 Å². The Morgan fingerprint density at radius 3 is 2.67 bits per heavy atom. The highest BCUT2D eigenvalue weighted by Crippen LogP contribution is 2.36. The quantitative estimate of drug-likeness (QED) is 0.352. The number of anilines is 2. The minimum absolute atomic E-state index is 0.00699. The fourth-order valence-electron chi connectivity index (χ4n) is 5.86. The topological polar surface area (TPSA) is 79.2 Å². The first kappa shape index (κ1) is 25.2. The first-order valence-electron chi connectivity index (χ1n) is 13.9. The highest BCUT2D eigenvalue weighted by Gasteiger charge is 2.30. The molecule has 2 aromatic carbocycles. The smallest absolute Gasteiger partial charge is 0.260 e. The molecule has 2 aromatic heterocycles. The number of hydrogen-bond acceptors (Lipinski definition) is 6. The van der Waals surface area contributed by atoms with Crippen LogP contribution in [-0.4, -0.2) is 50.2 Å². The summed E-state index contributed by atoms with van der Waals surface area (Å²) in [5.41, 5.74) is 5.99. The van der Waals surface area contributed by atoms with Gasteiger partial charge in [-0.2, -0.15) is 0 Å². The molecule has 0 bridgehead atoms. The summed E-state index contributed by atoms with van der Waals surface area (Å²) < 4.78 is 1.91. The molecule has 1 amide bonds. The summed E-state index contributed by atoms with van der Waals surface area (Å²) in [6.45, 7) is 8.75. The van der Waals surface area contributed by atoms with Crippen molar-refractivity contribution in [2.24, 2.45) is 13.0 Å². The zero-order valence-electron chi connectivity index (χ0n) is 22.9. The highest BCUT2D eigenvalue weighted by atomic mass is 16.2. The van der Waals surface area contributed by atoms with Crippen LogP contribution >= 0.6 is 0 Å². The van der Waals surface area contributed by atoms with E-state index in [1.54, 1.807) is 11.2 Å². The molecule has 1 fully saturated rings. The third kappa shape index (κ3) is 5.04. The van der Waals surface area contributed by atoms with Crippen LogP contribution in [0.2, 0.25) is 0 Å². The molecule has 2 aliphatic rings. The lowest BCUT2D eigenvalue weighted by Gasteiger charge is -2.30. The molecular formula is C31H35N7O. The summed E-state index contributed by atoms with van der Waals surface area (Å²) in [6, 6.07) is 18.6. The highest BCUT2D eigenvalue weighted by molar-refractivity contribution is 6.10. The first-order valence-corrected chi connectivity index (χ1v) is 13.9. The summed E-state index contributed by atoms with van der Waals surface area (Å²) in [5, 5.41) is 11.8. The maximum absolute atomic E-state index is 13.7. The van der Waals surface area contributed by atoms with Gasteiger partial charge in [0.25, 0.3) is 5.91 Å². The largest absolute Gasteiger partial charge is 0.370 e. The predicted octanol–water partition coefficient (Wildman–Crippen LogP) is 5.37. The standard InChI is InChI=1S/C31H35N7O/c1-4-32-28-15-24(25-9-5-6-10-26(25)30-35-33-20-36(30)3)16-29(34-28)38-19-23-12-11-22(14-27(23)31(38)39)18-37-13-7-8-21(2)17-37/h5-6,9-12,14-16,20-21H,4,7-8,13,17-19H2,1-3H3,(H,32,34). The molecule has 8 heteroatoms. The Labute approximate surface area is 229 Å². The molecule has 1 atom stereocenters. The third-order valence-corrected chi connectivity index (χ3v) is 7.76. The van der Waals surface area contributed by atoms with Gasteiger partial charge in [-0.25, -0.2) is 4.98 Å². The second-order valence-corrected chi connectivity index (χ2v) is 10.8. The maximum Gasteiger partial charge on any atom is 0.260 e. The van der Waals surface area contributed by atoms with Crippen LogP contribution < -0.4 is 10.2 Å². The molecule has 1 saturated heterocycles. The van der Waals surface area contributed by atoms with Crippen LogP contribution in [0.1, 0.15) is 48.2 Å². The number of hydrogen-bond donors (Lipinski definition) is 1. The molecule has 0 spiro atoms. The van der Waals surface area contributed by atoms with Crippen molar-refractivity contribution in [3.63, 3.8) is 0 Å². The number of likely N-dealkylation sites (tertiary alicyclic amines) is 1. The number of pyridine rings is 1. The van der Waals surface area contributed by atoms with Crippen molar-refractivity contribution >= 4 is 17.5 Å². The zero-order valence-corrected chi connectivity index (χ0v) is 22.9. The number of carbonyl (C=O) groups excluding carboxylic acids is 1. The Morgan fingerprint density at radius 1 is 1.05 bits per heavy atom. The number of amides is 1. The van der Waals surface area contributed by atoms with Crippen molar-refractivity contribution in [1.82, 2.24) is 24.6 Å². The van der Waals surface area contributed by atoms with E-state index < -0.39 is 0 Å². The van der Waals surface area contributed by atoms with E-state index in [-0.39, 0.29) is 5.91 Å². The van der Waals surface area contributed by atoms with Crippen LogP contribution in [-0.2, 0) is 20.1 Å². The van der Waals surface area contributed by atoms with Crippen molar-refractivity contribution in [3.05, 3.63) is 77.6 Å². The molecule has 4 heterocycles. The van der Waals surface area contributed by atoms with Gasteiger partial charge in [-0.15, -0.1) is 10.2 Å². The predicted molar refractivity (Wildman–Crippen MR) is 154 cm³/mol. The monoisotopic (exact) mass is 521 g/mol. The minimum atomic E-state index is 0.00699. The summed E-state index contributed by atoms with van der Waals surface area (Å²) in [5.74, 6) is 2.90. The van der Waals surface area contributed by atoms with E-state index in [1.165, 1.54) is 18.4 Å². The van der Waals surface area contributed by atoms with E-state index in [4.69, 9.17) is 4.98 Å². The molecule has 2 aliphatic heterocycles. The Balaban J connectivity index is 1.33. The van der Waals surface area contributed by atoms with Gasteiger partial charge in [0.05, 0.1) is 6.54 Å². The number of rotatable bonds is 7. The van der Waals surface area contributed by atoms with E-state index in [2.05, 4.69) is 51.6 Å². The molecule has 0 radical (unpaired) electrons. The molecule has 200 valence electrons. The van der Waals surface area contributed by atoms with E-state index in [0.717, 1.165) is 71.6 Å². The van der Waals surface area contributed by atoms with Crippen LogP contribution in [0.15, 0.2) is 60.9 Å². The molecule has 39 heavy (non-hydrogen) atoms. The second kappa shape index (κ2) is 10.6. The van der Waals surface area contributed by atoms with Crippen molar-refractivity contribution < 1.29 is 4.79 Å². The van der Waals surface area contributed by atoms with Gasteiger partial charge >= 0.3 is 0 Å². The number of aryl methyl sites for hydroxylation is 1. The molecule has 6 rings (SSSR count). The van der Waals surface area contributed by atoms with Crippen molar-refractivity contribution in [1.29, 1.82) is 0 Å². The summed E-state index contributed by atoms with van der Waals surface area (Å²) in [7, 11) is 1.94. The van der Waals surface area contributed by atoms with E-state index in [9.17, 15) is 4.79 Å². The lowest BCUT2D eigenvalue weighted by Crippen LogP contribution is -2.33. The molecule has 1 N–H and O–H groups in total. The van der Waals surface area contributed by atoms with Gasteiger partial charge < -0.3 is 9.88 Å². The average molecular weight is 522 g/mol. The van der Waals surface area contributed by atoms with Crippen molar-refractivity contribution in [3.8, 4) is 22.5 Å². The average Bonchev–Trinajstić information content (AvgIpc) is 3.51. The number of carbonyl (C=O) groups is 1. The number of aromatic nitrogens is 4. The van der Waals surface area contributed by atoms with Crippen molar-refractivity contribution in [2.45, 2.75) is 39.8 Å². The normalized spacial score (nSPS) is 17.5. The fourth-order valence-corrected chi connectivity index (χ4v) is 5.86. The second-order valence-electron chi connectivity index (χ2n) is 10.8. The van der Waals surface area contributed by atoms with Gasteiger partial charge in [0.1, 0.15) is 18.0 Å². The number of piperidine rings is 1. The molecule has 4 aromatic rings. The van der Waals surface area contributed by atoms with Crippen LogP contribution in [0.25, 0.3) is 22.5 Å². The first-order chi connectivity index (χ1) is 19.0.